The van der Waals surface area contributed by atoms with Crippen molar-refractivity contribution in [3.05, 3.63) is 58.3 Å². The molecule has 2 aromatic carbocycles. The summed E-state index contributed by atoms with van der Waals surface area (Å²) in [5.41, 5.74) is 0.484. The molecule has 0 atom stereocenters. The number of sulfonamides is 1. The van der Waals surface area contributed by atoms with E-state index in [4.69, 9.17) is 5.11 Å². The summed E-state index contributed by atoms with van der Waals surface area (Å²) in [5, 5.41) is 9.15. The maximum atomic E-state index is 13.2. The van der Waals surface area contributed by atoms with Gasteiger partial charge in [0.05, 0.1) is 11.5 Å². The lowest BCUT2D eigenvalue weighted by molar-refractivity contribution is 0.278. The van der Waals surface area contributed by atoms with E-state index in [1.54, 1.807) is 24.3 Å². The second-order valence-electron chi connectivity index (χ2n) is 4.02. The van der Waals surface area contributed by atoms with Crippen LogP contribution in [0.2, 0.25) is 0 Å². The standard InChI is InChI=1S/C13H11BrFNO3S/c14-10-2-5-12(6-3-10)16-20(18,19)13-7-11(15)4-1-9(13)8-17/h1-7,16-17H,8H2. The van der Waals surface area contributed by atoms with E-state index in [-0.39, 0.29) is 10.5 Å². The zero-order valence-electron chi connectivity index (χ0n) is 10.2. The first-order valence-corrected chi connectivity index (χ1v) is 7.87. The van der Waals surface area contributed by atoms with Gasteiger partial charge in [0.1, 0.15) is 5.82 Å². The molecule has 7 heteroatoms. The van der Waals surface area contributed by atoms with Crippen LogP contribution in [0, 0.1) is 5.82 Å². The molecule has 0 radical (unpaired) electrons. The summed E-state index contributed by atoms with van der Waals surface area (Å²) in [5.74, 6) is -0.682. The van der Waals surface area contributed by atoms with Crippen molar-refractivity contribution in [1.82, 2.24) is 0 Å². The van der Waals surface area contributed by atoms with Crippen molar-refractivity contribution in [3.8, 4) is 0 Å². The number of aliphatic hydroxyl groups is 1. The maximum absolute atomic E-state index is 13.2. The van der Waals surface area contributed by atoms with Gasteiger partial charge >= 0.3 is 0 Å². The zero-order valence-corrected chi connectivity index (χ0v) is 12.6. The minimum atomic E-state index is -3.96. The van der Waals surface area contributed by atoms with Gasteiger partial charge in [0.25, 0.3) is 10.0 Å². The van der Waals surface area contributed by atoms with Crippen LogP contribution in [0.5, 0.6) is 0 Å². The van der Waals surface area contributed by atoms with E-state index < -0.39 is 22.4 Å². The highest BCUT2D eigenvalue weighted by Gasteiger charge is 2.19. The lowest BCUT2D eigenvalue weighted by Gasteiger charge is -2.11. The fourth-order valence-electron chi connectivity index (χ4n) is 1.64. The number of halogens is 2. The van der Waals surface area contributed by atoms with Crippen LogP contribution in [0.1, 0.15) is 5.56 Å². The molecule has 0 bridgehead atoms. The van der Waals surface area contributed by atoms with E-state index in [1.165, 1.54) is 6.07 Å². The first-order chi connectivity index (χ1) is 9.42. The number of nitrogens with one attached hydrogen (secondary N) is 1. The second kappa shape index (κ2) is 5.90. The third kappa shape index (κ3) is 3.36. The minimum absolute atomic E-state index is 0.135. The minimum Gasteiger partial charge on any atom is -0.392 e. The van der Waals surface area contributed by atoms with Crippen LogP contribution >= 0.6 is 15.9 Å². The Morgan fingerprint density at radius 2 is 1.80 bits per heavy atom. The molecule has 0 spiro atoms. The number of rotatable bonds is 4. The third-order valence-corrected chi connectivity index (χ3v) is 4.58. The lowest BCUT2D eigenvalue weighted by Crippen LogP contribution is -2.15. The van der Waals surface area contributed by atoms with E-state index in [2.05, 4.69) is 20.7 Å². The highest BCUT2D eigenvalue weighted by molar-refractivity contribution is 9.10. The van der Waals surface area contributed by atoms with Crippen LogP contribution in [-0.2, 0) is 16.6 Å². The molecule has 0 aliphatic heterocycles. The van der Waals surface area contributed by atoms with Crippen LogP contribution in [0.4, 0.5) is 10.1 Å². The zero-order chi connectivity index (χ0) is 14.8. The molecule has 106 valence electrons. The number of benzene rings is 2. The summed E-state index contributed by atoms with van der Waals surface area (Å²) in [7, 11) is -3.96. The van der Waals surface area contributed by atoms with E-state index in [1.807, 2.05) is 0 Å². The molecule has 0 aromatic heterocycles. The van der Waals surface area contributed by atoms with Gasteiger partial charge in [-0.3, -0.25) is 4.72 Å². The molecule has 0 fully saturated rings. The maximum Gasteiger partial charge on any atom is 0.262 e. The molecule has 0 aliphatic rings. The average molecular weight is 360 g/mol. The topological polar surface area (TPSA) is 66.4 Å². The van der Waals surface area contributed by atoms with Gasteiger partial charge in [-0.05, 0) is 42.0 Å². The van der Waals surface area contributed by atoms with Crippen molar-refractivity contribution >= 4 is 31.6 Å². The smallest absolute Gasteiger partial charge is 0.262 e. The average Bonchev–Trinajstić information content (AvgIpc) is 2.41. The van der Waals surface area contributed by atoms with E-state index in [0.717, 1.165) is 16.6 Å². The van der Waals surface area contributed by atoms with Gasteiger partial charge in [0.15, 0.2) is 0 Å². The van der Waals surface area contributed by atoms with Crippen molar-refractivity contribution in [1.29, 1.82) is 0 Å². The van der Waals surface area contributed by atoms with Crippen LogP contribution in [0.3, 0.4) is 0 Å². The Hall–Kier alpha value is -1.44. The molecule has 0 amide bonds. The highest BCUT2D eigenvalue weighted by Crippen LogP contribution is 2.22. The van der Waals surface area contributed by atoms with Crippen LogP contribution in [-0.4, -0.2) is 13.5 Å². The van der Waals surface area contributed by atoms with E-state index >= 15 is 0 Å². The largest absolute Gasteiger partial charge is 0.392 e. The number of hydrogen-bond acceptors (Lipinski definition) is 3. The quantitative estimate of drug-likeness (QED) is 0.881. The van der Waals surface area contributed by atoms with E-state index in [9.17, 15) is 12.8 Å². The van der Waals surface area contributed by atoms with Gasteiger partial charge in [0.2, 0.25) is 0 Å². The molecule has 0 saturated heterocycles. The number of anilines is 1. The Kier molecular flexibility index (Phi) is 4.42. The molecule has 4 nitrogen and oxygen atoms in total. The molecule has 2 aromatic rings. The molecule has 0 heterocycles. The summed E-state index contributed by atoms with van der Waals surface area (Å²) in [6.45, 7) is -0.489. The molecular weight excluding hydrogens is 349 g/mol. The predicted octanol–water partition coefficient (Wildman–Crippen LogP) is 2.88. The van der Waals surface area contributed by atoms with Gasteiger partial charge < -0.3 is 5.11 Å². The first kappa shape index (κ1) is 15.0. The Morgan fingerprint density at radius 3 is 2.40 bits per heavy atom. The van der Waals surface area contributed by atoms with Gasteiger partial charge in [-0.15, -0.1) is 0 Å². The number of aliphatic hydroxyl groups excluding tert-OH is 1. The van der Waals surface area contributed by atoms with Gasteiger partial charge in [-0.2, -0.15) is 0 Å². The molecule has 2 N–H and O–H groups in total. The highest BCUT2D eigenvalue weighted by atomic mass is 79.9. The lowest BCUT2D eigenvalue weighted by atomic mass is 10.2. The molecular formula is C13H11BrFNO3S. The molecule has 0 saturated carbocycles. The van der Waals surface area contributed by atoms with Crippen molar-refractivity contribution in [3.63, 3.8) is 0 Å². The van der Waals surface area contributed by atoms with Gasteiger partial charge in [-0.1, -0.05) is 22.0 Å². The normalized spacial score (nSPS) is 11.3. The summed E-state index contributed by atoms with van der Waals surface area (Å²) in [6, 6.07) is 9.72. The first-order valence-electron chi connectivity index (χ1n) is 5.60. The summed E-state index contributed by atoms with van der Waals surface area (Å²) < 4.78 is 40.8. The van der Waals surface area contributed by atoms with Crippen molar-refractivity contribution < 1.29 is 17.9 Å². The number of hydrogen-bond donors (Lipinski definition) is 2. The Labute approximate surface area is 124 Å². The van der Waals surface area contributed by atoms with Gasteiger partial charge in [0, 0.05) is 10.2 Å². The Morgan fingerprint density at radius 1 is 1.15 bits per heavy atom. The SMILES string of the molecule is O=S(=O)(Nc1ccc(Br)cc1)c1cc(F)ccc1CO. The summed E-state index contributed by atoms with van der Waals surface area (Å²) in [6.07, 6.45) is 0. The summed E-state index contributed by atoms with van der Waals surface area (Å²) in [4.78, 5) is -0.275. The fourth-order valence-corrected chi connectivity index (χ4v) is 3.20. The molecule has 0 unspecified atom stereocenters. The molecule has 20 heavy (non-hydrogen) atoms. The predicted molar refractivity (Wildman–Crippen MR) is 77.3 cm³/mol. The summed E-state index contributed by atoms with van der Waals surface area (Å²) >= 11 is 3.24. The van der Waals surface area contributed by atoms with Crippen LogP contribution in [0.15, 0.2) is 51.8 Å². The van der Waals surface area contributed by atoms with Crippen molar-refractivity contribution in [2.75, 3.05) is 4.72 Å². The second-order valence-corrected chi connectivity index (χ2v) is 6.59. The van der Waals surface area contributed by atoms with Gasteiger partial charge in [-0.25, -0.2) is 12.8 Å². The van der Waals surface area contributed by atoms with E-state index in [0.29, 0.717) is 5.69 Å². The van der Waals surface area contributed by atoms with Crippen molar-refractivity contribution in [2.45, 2.75) is 11.5 Å². The monoisotopic (exact) mass is 359 g/mol. The molecule has 2 rings (SSSR count). The van der Waals surface area contributed by atoms with Crippen LogP contribution in [0.25, 0.3) is 0 Å². The third-order valence-electron chi connectivity index (χ3n) is 2.59. The Bertz CT molecular complexity index is 717. The van der Waals surface area contributed by atoms with Crippen LogP contribution < -0.4 is 4.72 Å². The van der Waals surface area contributed by atoms with Crippen molar-refractivity contribution in [2.24, 2.45) is 0 Å². The molecule has 0 aliphatic carbocycles. The Balaban J connectivity index is 2.40. The fraction of sp³-hybridized carbons (Fsp3) is 0.0769.